The van der Waals surface area contributed by atoms with Crippen LogP contribution in [-0.4, -0.2) is 27.0 Å². The van der Waals surface area contributed by atoms with Gasteiger partial charge in [-0.05, 0) is 43.7 Å². The lowest BCUT2D eigenvalue weighted by atomic mass is 10.0. The summed E-state index contributed by atoms with van der Waals surface area (Å²) in [6.07, 6.45) is 0.934. The lowest BCUT2D eigenvalue weighted by molar-refractivity contribution is -0.146. The molecule has 0 fully saturated rings. The van der Waals surface area contributed by atoms with Gasteiger partial charge in [0.15, 0.2) is 0 Å². The van der Waals surface area contributed by atoms with Crippen LogP contribution in [0.5, 0.6) is 5.75 Å². The molecule has 7 nitrogen and oxygen atoms in total. The summed E-state index contributed by atoms with van der Waals surface area (Å²) in [6.45, 7) is 4.51. The van der Waals surface area contributed by atoms with E-state index in [1.54, 1.807) is 18.2 Å². The molecule has 0 bridgehead atoms. The average molecular weight is 413 g/mol. The van der Waals surface area contributed by atoms with E-state index in [0.29, 0.717) is 16.5 Å². The number of benzene rings is 2. The summed E-state index contributed by atoms with van der Waals surface area (Å²) in [5.41, 5.74) is 0.635. The van der Waals surface area contributed by atoms with Crippen LogP contribution in [0.4, 0.5) is 5.69 Å². The number of hydrogen-bond acceptors (Lipinski definition) is 4. The Balaban J connectivity index is 1.55. The first-order valence-electron chi connectivity index (χ1n) is 9.45. The van der Waals surface area contributed by atoms with Crippen molar-refractivity contribution in [2.45, 2.75) is 39.0 Å². The number of rotatable bonds is 5. The molecule has 1 aliphatic heterocycles. The maximum atomic E-state index is 12.9. The molecular weight excluding hydrogens is 392 g/mol. The maximum Gasteiger partial charge on any atom is 0.278 e. The number of amides is 2. The normalized spacial score (nSPS) is 18.1. The van der Waals surface area contributed by atoms with Crippen LogP contribution in [0.2, 0.25) is 5.02 Å². The highest BCUT2D eigenvalue weighted by molar-refractivity contribution is 6.31. The third-order valence-corrected chi connectivity index (χ3v) is 5.19. The zero-order valence-electron chi connectivity index (χ0n) is 16.2. The van der Waals surface area contributed by atoms with Crippen LogP contribution in [-0.2, 0) is 22.7 Å². The number of nitrogens with zero attached hydrogens (tertiary/aromatic N) is 2. The van der Waals surface area contributed by atoms with E-state index in [1.807, 2.05) is 24.3 Å². The fourth-order valence-corrected chi connectivity index (χ4v) is 3.58. The minimum atomic E-state index is -1.69. The number of nitrogens with one attached hydrogen (secondary N) is 2. The minimum absolute atomic E-state index is 0.188. The number of fused-ring (bicyclic) bond motifs is 2. The Hall–Kier alpha value is -3.06. The van der Waals surface area contributed by atoms with Gasteiger partial charge in [0.2, 0.25) is 0 Å². The van der Waals surface area contributed by atoms with Crippen molar-refractivity contribution in [1.29, 1.82) is 0 Å². The van der Waals surface area contributed by atoms with E-state index in [9.17, 15) is 9.59 Å². The van der Waals surface area contributed by atoms with Crippen molar-refractivity contribution < 1.29 is 14.3 Å². The van der Waals surface area contributed by atoms with Crippen LogP contribution in [0.1, 0.15) is 26.1 Å². The molecule has 2 heterocycles. The number of halogens is 1. The number of anilines is 1. The third-order valence-electron chi connectivity index (χ3n) is 4.96. The van der Waals surface area contributed by atoms with Crippen molar-refractivity contribution in [3.05, 3.63) is 53.3 Å². The molecule has 1 unspecified atom stereocenters. The van der Waals surface area contributed by atoms with Crippen LogP contribution in [0.25, 0.3) is 11.0 Å². The maximum absolute atomic E-state index is 12.9. The second kappa shape index (κ2) is 7.40. The topological polar surface area (TPSA) is 85.3 Å². The molecule has 1 atom stereocenters. The molecule has 0 spiro atoms. The highest BCUT2D eigenvalue weighted by Gasteiger charge is 2.47. The molecule has 150 valence electrons. The number of para-hydroxylation sites is 2. The standard InChI is InChI=1S/C21H21ClN4O3/c1-3-10-26-16-7-5-4-6-14(16)24-18(26)12-23-19(27)21(2)20(28)25-15-11-13(22)8-9-17(15)29-21/h4-9,11H,3,10,12H2,1-2H3,(H,23,27)(H,25,28). The molecule has 8 heteroatoms. The van der Waals surface area contributed by atoms with Crippen molar-refractivity contribution in [2.75, 3.05) is 5.32 Å². The van der Waals surface area contributed by atoms with E-state index in [-0.39, 0.29) is 6.54 Å². The SMILES string of the molecule is CCCn1c(CNC(=O)C2(C)Oc3ccc(Cl)cc3NC2=O)nc2ccccc21. The highest BCUT2D eigenvalue weighted by Crippen LogP contribution is 2.35. The van der Waals surface area contributed by atoms with Crippen molar-refractivity contribution >= 4 is 40.1 Å². The third kappa shape index (κ3) is 3.42. The molecule has 4 rings (SSSR count). The van der Waals surface area contributed by atoms with Gasteiger partial charge in [-0.15, -0.1) is 0 Å². The quantitative estimate of drug-likeness (QED) is 0.628. The van der Waals surface area contributed by atoms with E-state index in [4.69, 9.17) is 16.3 Å². The van der Waals surface area contributed by atoms with Gasteiger partial charge in [0.05, 0.1) is 23.3 Å². The van der Waals surface area contributed by atoms with Gasteiger partial charge < -0.3 is 19.9 Å². The largest absolute Gasteiger partial charge is 0.466 e. The highest BCUT2D eigenvalue weighted by atomic mass is 35.5. The van der Waals surface area contributed by atoms with Crippen molar-refractivity contribution in [2.24, 2.45) is 0 Å². The number of aromatic nitrogens is 2. The van der Waals surface area contributed by atoms with E-state index in [2.05, 4.69) is 27.1 Å². The fraction of sp³-hybridized carbons (Fsp3) is 0.286. The van der Waals surface area contributed by atoms with Gasteiger partial charge in [-0.2, -0.15) is 0 Å². The fourth-order valence-electron chi connectivity index (χ4n) is 3.41. The molecule has 2 N–H and O–H groups in total. The summed E-state index contributed by atoms with van der Waals surface area (Å²) in [6, 6.07) is 12.7. The monoisotopic (exact) mass is 412 g/mol. The van der Waals surface area contributed by atoms with Crippen molar-refractivity contribution in [3.63, 3.8) is 0 Å². The molecule has 3 aromatic rings. The Bertz CT molecular complexity index is 1110. The summed E-state index contributed by atoms with van der Waals surface area (Å²) >= 11 is 5.95. The van der Waals surface area contributed by atoms with E-state index in [1.165, 1.54) is 6.92 Å². The summed E-state index contributed by atoms with van der Waals surface area (Å²) in [4.78, 5) is 30.1. The Morgan fingerprint density at radius 1 is 1.31 bits per heavy atom. The predicted molar refractivity (Wildman–Crippen MR) is 111 cm³/mol. The molecule has 2 amide bonds. The molecule has 2 aromatic carbocycles. The average Bonchev–Trinajstić information content (AvgIpc) is 3.05. The van der Waals surface area contributed by atoms with Gasteiger partial charge in [0.25, 0.3) is 17.4 Å². The molecule has 1 aliphatic rings. The number of aryl methyl sites for hydroxylation is 1. The Morgan fingerprint density at radius 3 is 2.90 bits per heavy atom. The lowest BCUT2D eigenvalue weighted by Crippen LogP contribution is -2.58. The summed E-state index contributed by atoms with van der Waals surface area (Å²) in [5, 5.41) is 5.97. The second-order valence-electron chi connectivity index (χ2n) is 7.08. The zero-order chi connectivity index (χ0) is 20.6. The van der Waals surface area contributed by atoms with Gasteiger partial charge in [-0.3, -0.25) is 9.59 Å². The van der Waals surface area contributed by atoms with Crippen molar-refractivity contribution in [1.82, 2.24) is 14.9 Å². The smallest absolute Gasteiger partial charge is 0.278 e. The zero-order valence-corrected chi connectivity index (χ0v) is 16.9. The molecule has 0 aliphatic carbocycles. The summed E-state index contributed by atoms with van der Waals surface area (Å²) in [7, 11) is 0. The number of ether oxygens (including phenoxy) is 1. The van der Waals surface area contributed by atoms with E-state index in [0.717, 1.165) is 29.8 Å². The van der Waals surface area contributed by atoms with Gasteiger partial charge >= 0.3 is 0 Å². The van der Waals surface area contributed by atoms with Gasteiger partial charge in [0, 0.05) is 11.6 Å². The van der Waals surface area contributed by atoms with Crippen molar-refractivity contribution in [3.8, 4) is 5.75 Å². The summed E-state index contributed by atoms with van der Waals surface area (Å²) in [5.74, 6) is 0.0378. The van der Waals surface area contributed by atoms with E-state index >= 15 is 0 Å². The first kappa shape index (κ1) is 19.3. The van der Waals surface area contributed by atoms with Crippen LogP contribution in [0.3, 0.4) is 0 Å². The number of carbonyl (C=O) groups is 2. The number of hydrogen-bond donors (Lipinski definition) is 2. The first-order chi connectivity index (χ1) is 13.9. The molecular formula is C21H21ClN4O3. The first-order valence-corrected chi connectivity index (χ1v) is 9.82. The Morgan fingerprint density at radius 2 is 2.10 bits per heavy atom. The Kier molecular flexibility index (Phi) is 4.92. The molecule has 0 saturated carbocycles. The molecule has 0 radical (unpaired) electrons. The number of imidazole rings is 1. The van der Waals surface area contributed by atoms with Gasteiger partial charge in [0.1, 0.15) is 11.6 Å². The molecule has 29 heavy (non-hydrogen) atoms. The number of carbonyl (C=O) groups excluding carboxylic acids is 2. The summed E-state index contributed by atoms with van der Waals surface area (Å²) < 4.78 is 7.84. The van der Waals surface area contributed by atoms with Crippen LogP contribution in [0.15, 0.2) is 42.5 Å². The van der Waals surface area contributed by atoms with Crippen LogP contribution >= 0.6 is 11.6 Å². The predicted octanol–water partition coefficient (Wildman–Crippen LogP) is 3.51. The molecule has 0 saturated heterocycles. The van der Waals surface area contributed by atoms with Crippen LogP contribution < -0.4 is 15.4 Å². The van der Waals surface area contributed by atoms with Gasteiger partial charge in [-0.1, -0.05) is 30.7 Å². The minimum Gasteiger partial charge on any atom is -0.466 e. The van der Waals surface area contributed by atoms with Gasteiger partial charge in [-0.25, -0.2) is 4.98 Å². The van der Waals surface area contributed by atoms with E-state index < -0.39 is 17.4 Å². The molecule has 1 aromatic heterocycles. The van der Waals surface area contributed by atoms with Crippen LogP contribution in [0, 0.1) is 0 Å². The lowest BCUT2D eigenvalue weighted by Gasteiger charge is -2.33. The Labute approximate surface area is 173 Å². The second-order valence-corrected chi connectivity index (χ2v) is 7.52.